The van der Waals surface area contributed by atoms with Gasteiger partial charge in [-0.2, -0.15) is 0 Å². The van der Waals surface area contributed by atoms with Crippen LogP contribution in [0.4, 0.5) is 0 Å². The molecule has 1 heterocycles. The Morgan fingerprint density at radius 3 is 2.68 bits per heavy atom. The molecule has 6 unspecified atom stereocenters. The number of hydrogen-bond donors (Lipinski definition) is 0. The maximum atomic E-state index is 12.8. The molecule has 2 aliphatic carbocycles. The summed E-state index contributed by atoms with van der Waals surface area (Å²) in [5, 5.41) is 0. The number of ether oxygens (including phenoxy) is 2. The number of carbonyl (C=O) groups excluding carboxylic acids is 3. The van der Waals surface area contributed by atoms with Gasteiger partial charge in [0.25, 0.3) is 0 Å². The van der Waals surface area contributed by atoms with Crippen LogP contribution >= 0.6 is 0 Å². The van der Waals surface area contributed by atoms with Crippen LogP contribution in [0, 0.1) is 29.1 Å². The van der Waals surface area contributed by atoms with Crippen molar-refractivity contribution in [3.05, 3.63) is 0 Å². The molecular weight excluding hydrogens is 284 g/mol. The number of esters is 2. The molecule has 0 amide bonds. The molecule has 0 bridgehead atoms. The summed E-state index contributed by atoms with van der Waals surface area (Å²) in [6.07, 6.45) is 2.74. The van der Waals surface area contributed by atoms with E-state index in [1.165, 1.54) is 6.92 Å². The Balaban J connectivity index is 2.04. The van der Waals surface area contributed by atoms with Gasteiger partial charge in [0.05, 0.1) is 5.92 Å². The summed E-state index contributed by atoms with van der Waals surface area (Å²) in [5.41, 5.74) is -0.827. The summed E-state index contributed by atoms with van der Waals surface area (Å²) >= 11 is 0. The van der Waals surface area contributed by atoms with E-state index in [4.69, 9.17) is 9.47 Å². The molecule has 0 aromatic carbocycles. The minimum Gasteiger partial charge on any atom is -0.465 e. The predicted octanol–water partition coefficient (Wildman–Crippen LogP) is 2.12. The van der Waals surface area contributed by atoms with Crippen LogP contribution in [0.25, 0.3) is 0 Å². The van der Waals surface area contributed by atoms with Gasteiger partial charge in [-0.15, -0.1) is 0 Å². The quantitative estimate of drug-likeness (QED) is 0.731. The summed E-state index contributed by atoms with van der Waals surface area (Å²) in [6, 6.07) is 0. The first-order valence-corrected chi connectivity index (χ1v) is 8.25. The molecule has 22 heavy (non-hydrogen) atoms. The van der Waals surface area contributed by atoms with Gasteiger partial charge in [-0.1, -0.05) is 13.8 Å². The molecule has 0 N–H and O–H groups in total. The Hall–Kier alpha value is -1.39. The molecule has 2 saturated carbocycles. The van der Waals surface area contributed by atoms with Gasteiger partial charge in [0, 0.05) is 19.3 Å². The van der Waals surface area contributed by atoms with Crippen molar-refractivity contribution in [3.8, 4) is 0 Å². The summed E-state index contributed by atoms with van der Waals surface area (Å²) in [4.78, 5) is 36.2. The molecule has 5 nitrogen and oxygen atoms in total. The largest absolute Gasteiger partial charge is 0.465 e. The number of Topliss-reactive ketones (excluding diaryl/α,β-unsaturated/α-hetero) is 1. The van der Waals surface area contributed by atoms with Gasteiger partial charge in [0.1, 0.15) is 23.9 Å². The number of rotatable bonds is 2. The lowest BCUT2D eigenvalue weighted by molar-refractivity contribution is -0.164. The van der Waals surface area contributed by atoms with Gasteiger partial charge >= 0.3 is 11.9 Å². The van der Waals surface area contributed by atoms with Crippen molar-refractivity contribution in [3.63, 3.8) is 0 Å². The van der Waals surface area contributed by atoms with Crippen LogP contribution in [0.1, 0.15) is 46.5 Å². The third-order valence-corrected chi connectivity index (χ3v) is 6.17. The molecule has 3 aliphatic rings. The van der Waals surface area contributed by atoms with E-state index in [0.29, 0.717) is 12.3 Å². The minimum atomic E-state index is -0.827. The molecule has 3 fully saturated rings. The van der Waals surface area contributed by atoms with Gasteiger partial charge in [-0.05, 0) is 31.1 Å². The highest BCUT2D eigenvalue weighted by atomic mass is 16.6. The molecule has 0 aromatic rings. The third-order valence-electron chi connectivity index (χ3n) is 6.17. The summed E-state index contributed by atoms with van der Waals surface area (Å²) in [5.74, 6) is -0.129. The first kappa shape index (κ1) is 15.5. The summed E-state index contributed by atoms with van der Waals surface area (Å²) < 4.78 is 11.0. The fourth-order valence-corrected chi connectivity index (χ4v) is 4.94. The standard InChI is InChI=1S/C17H24O5/c1-9-4-5-12-10(2)16(20)22-15(12)17(8-21-11(3)18)13(9)6-7-14(17)19/h9-10,12-13,15H,4-8H2,1-3H3. The van der Waals surface area contributed by atoms with Crippen molar-refractivity contribution in [2.24, 2.45) is 29.1 Å². The highest BCUT2D eigenvalue weighted by Gasteiger charge is 2.64. The van der Waals surface area contributed by atoms with Crippen LogP contribution in [0.5, 0.6) is 0 Å². The SMILES string of the molecule is CC(=O)OCC12C(=O)CCC1C(C)CCC1C(C)C(=O)OC12. The fraction of sp³-hybridized carbons (Fsp3) is 0.824. The molecule has 0 radical (unpaired) electrons. The molecular formula is C17H24O5. The minimum absolute atomic E-state index is 0.0529. The second-order valence-corrected chi connectivity index (χ2v) is 7.25. The van der Waals surface area contributed by atoms with Crippen molar-refractivity contribution >= 4 is 17.7 Å². The molecule has 1 aliphatic heterocycles. The van der Waals surface area contributed by atoms with Crippen LogP contribution in [-0.4, -0.2) is 30.4 Å². The van der Waals surface area contributed by atoms with Gasteiger partial charge in [-0.25, -0.2) is 0 Å². The molecule has 1 saturated heterocycles. The number of hydrogen-bond acceptors (Lipinski definition) is 5. The zero-order valence-corrected chi connectivity index (χ0v) is 13.5. The lowest BCUT2D eigenvalue weighted by Crippen LogP contribution is -2.50. The maximum Gasteiger partial charge on any atom is 0.309 e. The second kappa shape index (κ2) is 5.36. The normalized spacial score (nSPS) is 44.0. The molecule has 6 atom stereocenters. The Bertz CT molecular complexity index is 513. The first-order chi connectivity index (χ1) is 10.4. The lowest BCUT2D eigenvalue weighted by Gasteiger charge is -2.39. The van der Waals surface area contributed by atoms with Crippen LogP contribution < -0.4 is 0 Å². The van der Waals surface area contributed by atoms with Gasteiger partial charge in [0.15, 0.2) is 0 Å². The number of carbonyl (C=O) groups is 3. The topological polar surface area (TPSA) is 69.7 Å². The van der Waals surface area contributed by atoms with E-state index < -0.39 is 17.5 Å². The zero-order chi connectivity index (χ0) is 16.1. The Kier molecular flexibility index (Phi) is 3.77. The Morgan fingerprint density at radius 1 is 1.27 bits per heavy atom. The smallest absolute Gasteiger partial charge is 0.309 e. The van der Waals surface area contributed by atoms with E-state index in [9.17, 15) is 14.4 Å². The van der Waals surface area contributed by atoms with Crippen LogP contribution in [-0.2, 0) is 23.9 Å². The van der Waals surface area contributed by atoms with E-state index in [1.807, 2.05) is 6.92 Å². The van der Waals surface area contributed by atoms with E-state index >= 15 is 0 Å². The fourth-order valence-electron chi connectivity index (χ4n) is 4.94. The van der Waals surface area contributed by atoms with Crippen molar-refractivity contribution in [2.75, 3.05) is 6.61 Å². The third kappa shape index (κ3) is 2.09. The van der Waals surface area contributed by atoms with Crippen LogP contribution in [0.2, 0.25) is 0 Å². The molecule has 5 heteroatoms. The molecule has 0 aromatic heterocycles. The number of fused-ring (bicyclic) bond motifs is 3. The average Bonchev–Trinajstić information content (AvgIpc) is 2.90. The maximum absolute atomic E-state index is 12.8. The lowest BCUT2D eigenvalue weighted by atomic mass is 9.67. The van der Waals surface area contributed by atoms with Crippen LogP contribution in [0.3, 0.4) is 0 Å². The molecule has 122 valence electrons. The summed E-state index contributed by atoms with van der Waals surface area (Å²) in [7, 11) is 0. The highest BCUT2D eigenvalue weighted by molar-refractivity contribution is 5.90. The first-order valence-electron chi connectivity index (χ1n) is 8.25. The van der Waals surface area contributed by atoms with Crippen molar-refractivity contribution < 1.29 is 23.9 Å². The second-order valence-electron chi connectivity index (χ2n) is 7.25. The van der Waals surface area contributed by atoms with Gasteiger partial charge in [-0.3, -0.25) is 14.4 Å². The van der Waals surface area contributed by atoms with Gasteiger partial charge in [0.2, 0.25) is 0 Å². The van der Waals surface area contributed by atoms with E-state index in [1.54, 1.807) is 0 Å². The van der Waals surface area contributed by atoms with E-state index in [-0.39, 0.29) is 36.1 Å². The van der Waals surface area contributed by atoms with Crippen molar-refractivity contribution in [1.29, 1.82) is 0 Å². The monoisotopic (exact) mass is 308 g/mol. The Morgan fingerprint density at radius 2 is 2.00 bits per heavy atom. The van der Waals surface area contributed by atoms with Gasteiger partial charge < -0.3 is 9.47 Å². The summed E-state index contributed by atoms with van der Waals surface area (Å²) in [6.45, 7) is 5.46. The van der Waals surface area contributed by atoms with E-state index in [2.05, 4.69) is 6.92 Å². The van der Waals surface area contributed by atoms with Crippen molar-refractivity contribution in [2.45, 2.75) is 52.6 Å². The zero-order valence-electron chi connectivity index (χ0n) is 13.5. The number of ketones is 1. The van der Waals surface area contributed by atoms with E-state index in [0.717, 1.165) is 19.3 Å². The average molecular weight is 308 g/mol. The highest BCUT2D eigenvalue weighted by Crippen LogP contribution is 2.57. The Labute approximate surface area is 130 Å². The van der Waals surface area contributed by atoms with Crippen molar-refractivity contribution in [1.82, 2.24) is 0 Å². The molecule has 0 spiro atoms. The van der Waals surface area contributed by atoms with Crippen LogP contribution in [0.15, 0.2) is 0 Å². The molecule has 3 rings (SSSR count). The predicted molar refractivity (Wildman–Crippen MR) is 77.7 cm³/mol.